The predicted octanol–water partition coefficient (Wildman–Crippen LogP) is 24.6. The molecule has 11 aromatic carbocycles. The fourth-order valence-corrected chi connectivity index (χ4v) is 16.1. The summed E-state index contributed by atoms with van der Waals surface area (Å²) in [7, 11) is 0. The molecule has 2 aliphatic rings. The monoisotopic (exact) mass is 1120 g/mol. The van der Waals surface area contributed by atoms with E-state index >= 15 is 0 Å². The minimum Gasteiger partial charge on any atom is -0.0958 e. The van der Waals surface area contributed by atoms with Gasteiger partial charge in [-0.2, -0.15) is 0 Å². The van der Waals surface area contributed by atoms with Crippen molar-refractivity contribution < 1.29 is 0 Å². The maximum atomic E-state index is 4.79. The minimum absolute atomic E-state index is 0.918. The highest BCUT2D eigenvalue weighted by atomic mass is 14.4. The lowest BCUT2D eigenvalue weighted by atomic mass is 9.77. The van der Waals surface area contributed by atoms with Crippen molar-refractivity contribution in [2.75, 3.05) is 0 Å². The molecule has 11 aromatic rings. The van der Waals surface area contributed by atoms with Gasteiger partial charge in [-0.05, 0) is 378 Å². The van der Waals surface area contributed by atoms with Crippen molar-refractivity contribution >= 4 is 37.9 Å². The van der Waals surface area contributed by atoms with Gasteiger partial charge in [-0.25, -0.2) is 0 Å². The van der Waals surface area contributed by atoms with Gasteiger partial charge < -0.3 is 0 Å². The van der Waals surface area contributed by atoms with E-state index in [1.165, 1.54) is 249 Å². The van der Waals surface area contributed by atoms with E-state index in [0.29, 0.717) is 0 Å². The van der Waals surface area contributed by atoms with Gasteiger partial charge in [0, 0.05) is 0 Å². The van der Waals surface area contributed by atoms with Crippen LogP contribution < -0.4 is 0 Å². The second-order valence-electron chi connectivity index (χ2n) is 26.5. The number of allylic oxidation sites excluding steroid dienone is 2. The van der Waals surface area contributed by atoms with Crippen molar-refractivity contribution in [3.8, 4) is 89.0 Å². The first-order valence-corrected chi connectivity index (χ1v) is 31.5. The van der Waals surface area contributed by atoms with Crippen molar-refractivity contribution in [3.05, 3.63) is 238 Å². The summed E-state index contributed by atoms with van der Waals surface area (Å²) in [6, 6.07) is 40.4. The van der Waals surface area contributed by atoms with E-state index in [9.17, 15) is 0 Å². The van der Waals surface area contributed by atoms with Crippen molar-refractivity contribution in [2.24, 2.45) is 0 Å². The van der Waals surface area contributed by atoms with Crippen LogP contribution in [0.25, 0.3) is 127 Å². The number of aryl methyl sites for hydroxylation is 9. The maximum Gasteiger partial charge on any atom is -0.000443 e. The van der Waals surface area contributed by atoms with E-state index in [4.69, 9.17) is 6.58 Å². The summed E-state index contributed by atoms with van der Waals surface area (Å²) in [6.45, 7) is 54.3. The molecule has 0 aromatic heterocycles. The van der Waals surface area contributed by atoms with Crippen LogP contribution in [0.15, 0.2) is 121 Å². The molecule has 0 bridgehead atoms. The average molecular weight is 1120 g/mol. The van der Waals surface area contributed by atoms with Crippen LogP contribution in [0.2, 0.25) is 0 Å². The van der Waals surface area contributed by atoms with E-state index in [2.05, 4.69) is 249 Å². The zero-order chi connectivity index (χ0) is 61.3. The van der Waals surface area contributed by atoms with Gasteiger partial charge in [-0.3, -0.25) is 0 Å². The second-order valence-corrected chi connectivity index (χ2v) is 26.5. The molecule has 0 N–H and O–H groups in total. The molecule has 0 saturated heterocycles. The van der Waals surface area contributed by atoms with Crippen LogP contribution >= 0.6 is 0 Å². The molecule has 0 atom stereocenters. The SMILES string of the molecule is C=C(C)/C(C)=C1\c2cc(-c3c(C)c(C)c4c5c(c(C)c(C)c(CC)c35)-c3c-4c(-c4ccc(C)cc4)c4c(C)c(C)c(C)c(C)c4c3-c3ccc(C)cc3)c(C)c(C)c2-c2c1c(-c1ccc(C)cc1)c1c(C)c(C)c(C)c(C)c1c2-c1ccc(C)cc1. The van der Waals surface area contributed by atoms with Gasteiger partial charge in [0.05, 0.1) is 0 Å². The lowest BCUT2D eigenvalue weighted by Gasteiger charge is -2.26. The normalized spacial score (nSPS) is 12.9. The fraction of sp³-hybridized carbons (Fsp3) is 0.256. The first-order valence-electron chi connectivity index (χ1n) is 31.5. The molecular weight excluding hydrogens is 1030 g/mol. The third-order valence-electron chi connectivity index (χ3n) is 22.0. The number of fused-ring (bicyclic) bond motifs is 8. The Hall–Kier alpha value is -8.32. The van der Waals surface area contributed by atoms with Gasteiger partial charge >= 0.3 is 0 Å². The first-order chi connectivity index (χ1) is 40.9. The van der Waals surface area contributed by atoms with Gasteiger partial charge in [0.1, 0.15) is 0 Å². The van der Waals surface area contributed by atoms with E-state index in [-0.39, 0.29) is 0 Å². The van der Waals surface area contributed by atoms with Crippen molar-refractivity contribution in [1.29, 1.82) is 0 Å². The quantitative estimate of drug-likeness (QED) is 0.149. The van der Waals surface area contributed by atoms with Crippen LogP contribution in [0.5, 0.6) is 0 Å². The highest BCUT2D eigenvalue weighted by molar-refractivity contribution is 6.32. The molecule has 86 heavy (non-hydrogen) atoms. The molecule has 0 heterocycles. The van der Waals surface area contributed by atoms with Crippen LogP contribution in [0.3, 0.4) is 0 Å². The van der Waals surface area contributed by atoms with E-state index in [1.54, 1.807) is 0 Å². The molecule has 13 rings (SSSR count). The minimum atomic E-state index is 0.918. The van der Waals surface area contributed by atoms with Gasteiger partial charge in [-0.15, -0.1) is 0 Å². The van der Waals surface area contributed by atoms with Crippen LogP contribution in [-0.4, -0.2) is 0 Å². The first kappa shape index (κ1) is 56.8. The topological polar surface area (TPSA) is 0 Å². The Kier molecular flexibility index (Phi) is 13.3. The lowest BCUT2D eigenvalue weighted by molar-refractivity contribution is 1.12. The molecular formula is C86H84. The maximum absolute atomic E-state index is 4.79. The Morgan fingerprint density at radius 2 is 0.570 bits per heavy atom. The third kappa shape index (κ3) is 7.73. The zero-order valence-electron chi connectivity index (χ0n) is 55.2. The molecule has 0 heteroatoms. The van der Waals surface area contributed by atoms with Gasteiger partial charge in [-0.1, -0.05) is 138 Å². The molecule has 0 radical (unpaired) electrons. The van der Waals surface area contributed by atoms with Crippen LogP contribution in [0.1, 0.15) is 138 Å². The average Bonchev–Trinajstić information content (AvgIpc) is 1.53. The largest absolute Gasteiger partial charge is 0.0958 e. The summed E-state index contributed by atoms with van der Waals surface area (Å²) in [4.78, 5) is 0. The second kappa shape index (κ2) is 20.1. The predicted molar refractivity (Wildman–Crippen MR) is 377 cm³/mol. The molecule has 2 aliphatic carbocycles. The van der Waals surface area contributed by atoms with E-state index in [0.717, 1.165) is 12.0 Å². The number of rotatable bonds is 7. The van der Waals surface area contributed by atoms with Crippen LogP contribution in [0, 0.1) is 125 Å². The highest BCUT2D eigenvalue weighted by Crippen LogP contribution is 2.65. The summed E-state index contributed by atoms with van der Waals surface area (Å²) in [5.74, 6) is 0. The summed E-state index contributed by atoms with van der Waals surface area (Å²) < 4.78 is 0. The Morgan fingerprint density at radius 3 is 0.907 bits per heavy atom. The molecule has 428 valence electrons. The third-order valence-corrected chi connectivity index (χ3v) is 22.0. The number of hydrogen-bond acceptors (Lipinski definition) is 0. The summed E-state index contributed by atoms with van der Waals surface area (Å²) in [5.41, 5.74) is 53.3. The van der Waals surface area contributed by atoms with E-state index in [1.807, 2.05) is 0 Å². The molecule has 0 fully saturated rings. The molecule has 0 nitrogen and oxygen atoms in total. The van der Waals surface area contributed by atoms with Crippen molar-refractivity contribution in [2.45, 2.75) is 152 Å². The Morgan fingerprint density at radius 1 is 0.267 bits per heavy atom. The molecule has 0 aliphatic heterocycles. The summed E-state index contributed by atoms with van der Waals surface area (Å²) in [5, 5.41) is 8.31. The van der Waals surface area contributed by atoms with Gasteiger partial charge in [0.2, 0.25) is 0 Å². The lowest BCUT2D eigenvalue weighted by Crippen LogP contribution is -2.03. The van der Waals surface area contributed by atoms with Crippen molar-refractivity contribution in [3.63, 3.8) is 0 Å². The van der Waals surface area contributed by atoms with Crippen molar-refractivity contribution in [1.82, 2.24) is 0 Å². The molecule has 0 unspecified atom stereocenters. The molecule has 0 spiro atoms. The standard InChI is InChI=1S/C86H84/c1-23-65-51(13)58(20)75-84-76(86-80(64-38-30-45(7)31-39-64)74-56(18)50(12)49(11)55(17)73(74)79(85(75)86)63-36-28-44(6)29-37-63)60(22)59(21)69(81(65)84)66-40-67-68(46(8)41(2)3)82-77(61-32-24-42(4)25-33-61)71-53(15)47(9)48(10)54(16)72(71)78(62-34-26-43(5)27-35-62)83(82)70(67)57(19)52(66)14/h24-40H,2,23H2,1,3-22H3/b68-46+. The Balaban J connectivity index is 1.24. The summed E-state index contributed by atoms with van der Waals surface area (Å²) in [6.07, 6.45) is 0.918. The molecule has 0 saturated carbocycles. The van der Waals surface area contributed by atoms with Crippen LogP contribution in [0.4, 0.5) is 0 Å². The number of hydrogen-bond donors (Lipinski definition) is 0. The fourth-order valence-electron chi connectivity index (χ4n) is 16.1. The van der Waals surface area contributed by atoms with Gasteiger partial charge in [0.25, 0.3) is 0 Å². The number of benzene rings is 11. The van der Waals surface area contributed by atoms with E-state index < -0.39 is 0 Å². The Labute approximate surface area is 513 Å². The zero-order valence-corrected chi connectivity index (χ0v) is 55.2. The summed E-state index contributed by atoms with van der Waals surface area (Å²) >= 11 is 0. The molecule has 0 amide bonds. The Bertz CT molecular complexity index is 4810. The van der Waals surface area contributed by atoms with Gasteiger partial charge in [0.15, 0.2) is 0 Å². The smallest absolute Gasteiger partial charge is 0.000443 e. The highest BCUT2D eigenvalue weighted by Gasteiger charge is 2.40. The van der Waals surface area contributed by atoms with Crippen LogP contribution in [-0.2, 0) is 6.42 Å².